The van der Waals surface area contributed by atoms with E-state index in [1.165, 1.54) is 38.2 Å². The molecule has 0 amide bonds. The average Bonchev–Trinajstić information content (AvgIpc) is 3.24. The van der Waals surface area contributed by atoms with E-state index in [2.05, 4.69) is 21.9 Å². The van der Waals surface area contributed by atoms with Crippen LogP contribution in [0.4, 0.5) is 5.69 Å². The normalized spacial score (nSPS) is 21.1. The topological polar surface area (TPSA) is 15.7 Å². The van der Waals surface area contributed by atoms with Gasteiger partial charge in [-0.1, -0.05) is 12.1 Å². The van der Waals surface area contributed by atoms with Crippen molar-refractivity contribution in [2.75, 3.05) is 44.7 Å². The maximum atomic E-state index is 5.44. The second-order valence-electron chi connectivity index (χ2n) is 5.40. The van der Waals surface area contributed by atoms with Crippen molar-refractivity contribution in [3.8, 4) is 5.75 Å². The SMILES string of the molecule is COc1ccccc1N1CCN(CC2CC2)CC1. The molecule has 0 unspecified atom stereocenters. The van der Waals surface area contributed by atoms with Crippen molar-refractivity contribution >= 4 is 5.69 Å². The molecule has 3 rings (SSSR count). The molecule has 2 aliphatic rings. The number of para-hydroxylation sites is 2. The molecule has 1 aromatic rings. The van der Waals surface area contributed by atoms with E-state index in [-0.39, 0.29) is 0 Å². The smallest absolute Gasteiger partial charge is 0.142 e. The number of nitrogens with zero attached hydrogens (tertiary/aromatic N) is 2. The van der Waals surface area contributed by atoms with Crippen LogP contribution in [-0.2, 0) is 0 Å². The summed E-state index contributed by atoms with van der Waals surface area (Å²) in [4.78, 5) is 5.06. The molecule has 0 bridgehead atoms. The predicted octanol–water partition coefficient (Wildman–Crippen LogP) is 2.23. The minimum Gasteiger partial charge on any atom is -0.495 e. The molecule has 1 heterocycles. The molecule has 1 aromatic carbocycles. The Morgan fingerprint density at radius 2 is 1.83 bits per heavy atom. The average molecular weight is 246 g/mol. The van der Waals surface area contributed by atoms with Crippen LogP contribution in [0.5, 0.6) is 5.75 Å². The fourth-order valence-electron chi connectivity index (χ4n) is 2.73. The highest BCUT2D eigenvalue weighted by Crippen LogP contribution is 2.31. The van der Waals surface area contributed by atoms with Crippen LogP contribution in [0, 0.1) is 5.92 Å². The molecular weight excluding hydrogens is 224 g/mol. The lowest BCUT2D eigenvalue weighted by Gasteiger charge is -2.36. The van der Waals surface area contributed by atoms with Crippen molar-refractivity contribution in [3.63, 3.8) is 0 Å². The predicted molar refractivity (Wildman–Crippen MR) is 74.4 cm³/mol. The summed E-state index contributed by atoms with van der Waals surface area (Å²) in [6, 6.07) is 8.33. The lowest BCUT2D eigenvalue weighted by atomic mass is 10.2. The maximum absolute atomic E-state index is 5.44. The molecule has 0 N–H and O–H groups in total. The van der Waals surface area contributed by atoms with Crippen LogP contribution in [0.3, 0.4) is 0 Å². The van der Waals surface area contributed by atoms with Crippen LogP contribution in [0.15, 0.2) is 24.3 Å². The Morgan fingerprint density at radius 3 is 2.50 bits per heavy atom. The minimum atomic E-state index is 0.994. The first-order valence-corrected chi connectivity index (χ1v) is 6.97. The van der Waals surface area contributed by atoms with Gasteiger partial charge in [-0.15, -0.1) is 0 Å². The zero-order valence-corrected chi connectivity index (χ0v) is 11.1. The highest BCUT2D eigenvalue weighted by Gasteiger charge is 2.26. The van der Waals surface area contributed by atoms with Gasteiger partial charge in [0.05, 0.1) is 12.8 Å². The number of benzene rings is 1. The third kappa shape index (κ3) is 2.61. The molecule has 0 spiro atoms. The van der Waals surface area contributed by atoms with Crippen LogP contribution in [0.1, 0.15) is 12.8 Å². The van der Waals surface area contributed by atoms with Gasteiger partial charge in [0.15, 0.2) is 0 Å². The van der Waals surface area contributed by atoms with Gasteiger partial charge in [-0.2, -0.15) is 0 Å². The minimum absolute atomic E-state index is 0.994. The highest BCUT2D eigenvalue weighted by atomic mass is 16.5. The summed E-state index contributed by atoms with van der Waals surface area (Å²) >= 11 is 0. The quantitative estimate of drug-likeness (QED) is 0.810. The Bertz CT molecular complexity index is 395. The maximum Gasteiger partial charge on any atom is 0.142 e. The lowest BCUT2D eigenvalue weighted by Crippen LogP contribution is -2.47. The number of rotatable bonds is 4. The molecule has 18 heavy (non-hydrogen) atoms. The van der Waals surface area contributed by atoms with Crippen LogP contribution in [-0.4, -0.2) is 44.7 Å². The van der Waals surface area contributed by atoms with E-state index >= 15 is 0 Å². The molecule has 1 aliphatic carbocycles. The largest absolute Gasteiger partial charge is 0.495 e. The zero-order chi connectivity index (χ0) is 12.4. The summed E-state index contributed by atoms with van der Waals surface area (Å²) in [5.74, 6) is 2.00. The first-order valence-electron chi connectivity index (χ1n) is 6.97. The standard InChI is InChI=1S/C15H22N2O/c1-18-15-5-3-2-4-14(15)17-10-8-16(9-11-17)12-13-6-7-13/h2-5,13H,6-12H2,1H3. The van der Waals surface area contributed by atoms with E-state index in [4.69, 9.17) is 4.74 Å². The van der Waals surface area contributed by atoms with Crippen molar-refractivity contribution in [2.45, 2.75) is 12.8 Å². The van der Waals surface area contributed by atoms with Gasteiger partial charge in [-0.25, -0.2) is 0 Å². The molecule has 2 fully saturated rings. The molecule has 98 valence electrons. The van der Waals surface area contributed by atoms with E-state index in [1.807, 2.05) is 12.1 Å². The van der Waals surface area contributed by atoms with E-state index in [0.717, 1.165) is 24.8 Å². The van der Waals surface area contributed by atoms with Gasteiger partial charge < -0.3 is 9.64 Å². The van der Waals surface area contributed by atoms with Crippen molar-refractivity contribution in [2.24, 2.45) is 5.92 Å². The van der Waals surface area contributed by atoms with E-state index in [1.54, 1.807) is 7.11 Å². The van der Waals surface area contributed by atoms with Gasteiger partial charge in [-0.05, 0) is 30.9 Å². The fourth-order valence-corrected chi connectivity index (χ4v) is 2.73. The van der Waals surface area contributed by atoms with Crippen LogP contribution < -0.4 is 9.64 Å². The summed E-state index contributed by atoms with van der Waals surface area (Å²) < 4.78 is 5.44. The van der Waals surface area contributed by atoms with Crippen LogP contribution in [0.25, 0.3) is 0 Å². The summed E-state index contributed by atoms with van der Waals surface area (Å²) in [5, 5.41) is 0. The van der Waals surface area contributed by atoms with Crippen molar-refractivity contribution in [1.82, 2.24) is 4.90 Å². The number of ether oxygens (including phenoxy) is 1. The Kier molecular flexibility index (Phi) is 3.41. The lowest BCUT2D eigenvalue weighted by molar-refractivity contribution is 0.247. The highest BCUT2D eigenvalue weighted by molar-refractivity contribution is 5.58. The van der Waals surface area contributed by atoms with Crippen molar-refractivity contribution < 1.29 is 4.74 Å². The molecule has 0 radical (unpaired) electrons. The van der Waals surface area contributed by atoms with Crippen LogP contribution in [0.2, 0.25) is 0 Å². The molecule has 1 saturated carbocycles. The molecular formula is C15H22N2O. The number of anilines is 1. The number of methoxy groups -OCH3 is 1. The second-order valence-corrected chi connectivity index (χ2v) is 5.40. The number of piperazine rings is 1. The van der Waals surface area contributed by atoms with Gasteiger partial charge in [0.2, 0.25) is 0 Å². The third-order valence-corrected chi connectivity index (χ3v) is 4.01. The van der Waals surface area contributed by atoms with E-state index < -0.39 is 0 Å². The Hall–Kier alpha value is -1.22. The first kappa shape index (κ1) is 11.8. The van der Waals surface area contributed by atoms with E-state index in [9.17, 15) is 0 Å². The second kappa shape index (κ2) is 5.19. The number of hydrogen-bond acceptors (Lipinski definition) is 3. The van der Waals surface area contributed by atoms with E-state index in [0.29, 0.717) is 0 Å². The molecule has 3 heteroatoms. The third-order valence-electron chi connectivity index (χ3n) is 4.01. The zero-order valence-electron chi connectivity index (χ0n) is 11.1. The Morgan fingerprint density at radius 1 is 1.11 bits per heavy atom. The number of hydrogen-bond donors (Lipinski definition) is 0. The van der Waals surface area contributed by atoms with Crippen LogP contribution >= 0.6 is 0 Å². The van der Waals surface area contributed by atoms with Gasteiger partial charge in [0, 0.05) is 32.7 Å². The van der Waals surface area contributed by atoms with Crippen molar-refractivity contribution in [3.05, 3.63) is 24.3 Å². The van der Waals surface area contributed by atoms with Crippen molar-refractivity contribution in [1.29, 1.82) is 0 Å². The molecule has 0 aromatic heterocycles. The molecule has 0 atom stereocenters. The van der Waals surface area contributed by atoms with Gasteiger partial charge in [0.25, 0.3) is 0 Å². The Labute approximate surface area is 109 Å². The summed E-state index contributed by atoms with van der Waals surface area (Å²) in [5.41, 5.74) is 1.24. The molecule has 3 nitrogen and oxygen atoms in total. The first-order chi connectivity index (χ1) is 8.86. The monoisotopic (exact) mass is 246 g/mol. The summed E-state index contributed by atoms with van der Waals surface area (Å²) in [6.45, 7) is 5.93. The Balaban J connectivity index is 1.60. The van der Waals surface area contributed by atoms with Gasteiger partial charge in [0.1, 0.15) is 5.75 Å². The van der Waals surface area contributed by atoms with Gasteiger partial charge in [-0.3, -0.25) is 4.90 Å². The molecule has 1 aliphatic heterocycles. The molecule has 1 saturated heterocycles. The summed E-state index contributed by atoms with van der Waals surface area (Å²) in [7, 11) is 1.75. The summed E-state index contributed by atoms with van der Waals surface area (Å²) in [6.07, 6.45) is 2.90. The van der Waals surface area contributed by atoms with Gasteiger partial charge >= 0.3 is 0 Å². The fraction of sp³-hybridized carbons (Fsp3) is 0.600.